The van der Waals surface area contributed by atoms with Gasteiger partial charge >= 0.3 is 0 Å². The fraction of sp³-hybridized carbons (Fsp3) is 0.333. The van der Waals surface area contributed by atoms with Gasteiger partial charge in [-0.15, -0.1) is 0 Å². The predicted octanol–water partition coefficient (Wildman–Crippen LogP) is 5.95. The molecule has 1 aromatic heterocycles. The lowest BCUT2D eigenvalue weighted by Crippen LogP contribution is -2.43. The van der Waals surface area contributed by atoms with Crippen molar-refractivity contribution < 1.29 is 19.1 Å². The highest BCUT2D eigenvalue weighted by molar-refractivity contribution is 9.10. The maximum Gasteiger partial charge on any atom is 0.239 e. The Labute approximate surface area is 232 Å². The number of rotatable bonds is 4. The number of aromatic nitrogens is 2. The molecule has 0 bridgehead atoms. The zero-order valence-corrected chi connectivity index (χ0v) is 23.4. The highest BCUT2D eigenvalue weighted by Gasteiger charge is 2.39. The van der Waals surface area contributed by atoms with Crippen molar-refractivity contribution in [3.63, 3.8) is 0 Å². The Bertz CT molecular complexity index is 1320. The second-order valence-corrected chi connectivity index (χ2v) is 11.0. The standard InChI is InChI=1S/C23H22BrN3O2.C4H4BrNO2/c1-15-7-10-19-20(27(15)23(28)16-8-9-16)11-12-21(26-14-17(24)13-25-26)22(19)29-18-5-3-2-4-6-18;5-6-3(7)1-2-4(6)8/h2-6,11-16H,7-10H2,1H3;1-2H2/t15-;/m0./s1. The number of nitrogens with zero attached hydrogens (tertiary/aromatic N) is 4. The number of amides is 3. The predicted molar refractivity (Wildman–Crippen MR) is 146 cm³/mol. The molecule has 3 aliphatic rings. The molecule has 0 spiro atoms. The number of imide groups is 1. The number of benzene rings is 2. The molecule has 192 valence electrons. The van der Waals surface area contributed by atoms with Crippen LogP contribution < -0.4 is 9.64 Å². The molecular weight excluding hydrogens is 604 g/mol. The first kappa shape index (κ1) is 25.7. The number of fused-ring (bicyclic) bond motifs is 1. The summed E-state index contributed by atoms with van der Waals surface area (Å²) < 4.78 is 10.1. The number of halogens is 2. The van der Waals surface area contributed by atoms with Gasteiger partial charge in [-0.3, -0.25) is 14.4 Å². The zero-order chi connectivity index (χ0) is 26.1. The first-order valence-electron chi connectivity index (χ1n) is 12.3. The van der Waals surface area contributed by atoms with Gasteiger partial charge in [0.15, 0.2) is 5.75 Å². The topological polar surface area (TPSA) is 84.7 Å². The van der Waals surface area contributed by atoms with Crippen LogP contribution in [0.15, 0.2) is 59.3 Å². The van der Waals surface area contributed by atoms with Crippen LogP contribution in [0.5, 0.6) is 11.5 Å². The maximum absolute atomic E-state index is 13.0. The van der Waals surface area contributed by atoms with Crippen molar-refractivity contribution in [2.75, 3.05) is 4.90 Å². The molecule has 1 aliphatic carbocycles. The molecule has 3 heterocycles. The van der Waals surface area contributed by atoms with Crippen LogP contribution in [0.3, 0.4) is 0 Å². The van der Waals surface area contributed by atoms with Crippen LogP contribution in [0.1, 0.15) is 44.6 Å². The number of hydrogen-bond donors (Lipinski definition) is 0. The maximum atomic E-state index is 13.0. The van der Waals surface area contributed by atoms with E-state index in [1.54, 1.807) is 6.20 Å². The number of carbonyl (C=O) groups is 3. The summed E-state index contributed by atoms with van der Waals surface area (Å²) in [7, 11) is 0. The molecule has 1 saturated heterocycles. The molecule has 6 rings (SSSR count). The Morgan fingerprint density at radius 2 is 1.65 bits per heavy atom. The van der Waals surface area contributed by atoms with E-state index >= 15 is 0 Å². The van der Waals surface area contributed by atoms with Crippen molar-refractivity contribution in [1.82, 2.24) is 13.7 Å². The molecule has 0 radical (unpaired) electrons. The molecule has 1 atom stereocenters. The van der Waals surface area contributed by atoms with Crippen LogP contribution in [0.4, 0.5) is 5.69 Å². The SMILES string of the molecule is C[C@H]1CCc2c(ccc(-n3cc(Br)cn3)c2Oc2ccccc2)N1C(=O)C1CC1.O=C1CCC(=O)N1Br. The molecule has 0 unspecified atom stereocenters. The Morgan fingerprint density at radius 3 is 2.22 bits per heavy atom. The van der Waals surface area contributed by atoms with Crippen molar-refractivity contribution in [2.45, 2.75) is 51.5 Å². The lowest BCUT2D eigenvalue weighted by Gasteiger charge is -2.36. The normalized spacial score (nSPS) is 18.8. The summed E-state index contributed by atoms with van der Waals surface area (Å²) in [6, 6.07) is 14.0. The summed E-state index contributed by atoms with van der Waals surface area (Å²) in [6.07, 6.45) is 8.17. The number of hydrogen-bond acceptors (Lipinski definition) is 5. The van der Waals surface area contributed by atoms with Gasteiger partial charge in [0.1, 0.15) is 11.4 Å². The quantitative estimate of drug-likeness (QED) is 0.263. The summed E-state index contributed by atoms with van der Waals surface area (Å²) >= 11 is 6.28. The number of carbonyl (C=O) groups excluding carboxylic acids is 3. The van der Waals surface area contributed by atoms with Crippen molar-refractivity contribution in [2.24, 2.45) is 5.92 Å². The van der Waals surface area contributed by atoms with Crippen LogP contribution >= 0.6 is 32.1 Å². The van der Waals surface area contributed by atoms with Gasteiger partial charge in [0, 0.05) is 36.6 Å². The Kier molecular flexibility index (Phi) is 7.48. The fourth-order valence-corrected chi connectivity index (χ4v) is 5.18. The van der Waals surface area contributed by atoms with E-state index in [-0.39, 0.29) is 29.7 Å². The third-order valence-electron chi connectivity index (χ3n) is 6.64. The molecule has 37 heavy (non-hydrogen) atoms. The summed E-state index contributed by atoms with van der Waals surface area (Å²) in [5.41, 5.74) is 2.92. The van der Waals surface area contributed by atoms with Gasteiger partial charge < -0.3 is 9.64 Å². The minimum atomic E-state index is -0.144. The molecule has 10 heteroatoms. The monoisotopic (exact) mass is 628 g/mol. The summed E-state index contributed by atoms with van der Waals surface area (Å²) in [6.45, 7) is 2.14. The van der Waals surface area contributed by atoms with Gasteiger partial charge in [-0.05, 0) is 72.8 Å². The molecule has 3 aromatic rings. The summed E-state index contributed by atoms with van der Waals surface area (Å²) in [5.74, 6) is 1.68. The van der Waals surface area contributed by atoms with E-state index in [9.17, 15) is 14.4 Å². The van der Waals surface area contributed by atoms with Gasteiger partial charge in [0.2, 0.25) is 17.7 Å². The minimum Gasteiger partial charge on any atom is -0.455 e. The van der Waals surface area contributed by atoms with E-state index in [0.29, 0.717) is 12.8 Å². The lowest BCUT2D eigenvalue weighted by atomic mass is 9.94. The molecule has 2 fully saturated rings. The van der Waals surface area contributed by atoms with Crippen molar-refractivity contribution >= 4 is 55.5 Å². The zero-order valence-electron chi connectivity index (χ0n) is 20.3. The van der Waals surface area contributed by atoms with E-state index in [1.807, 2.05) is 58.2 Å². The van der Waals surface area contributed by atoms with Gasteiger partial charge in [0.25, 0.3) is 0 Å². The van der Waals surface area contributed by atoms with Gasteiger partial charge in [-0.25, -0.2) is 8.61 Å². The summed E-state index contributed by atoms with van der Waals surface area (Å²) in [5, 5.41) is 4.45. The Morgan fingerprint density at radius 1 is 0.973 bits per heavy atom. The lowest BCUT2D eigenvalue weighted by molar-refractivity contribution is -0.131. The highest BCUT2D eigenvalue weighted by Crippen LogP contribution is 2.44. The molecule has 2 aliphatic heterocycles. The average Bonchev–Trinajstić information content (AvgIpc) is 3.61. The molecule has 1 saturated carbocycles. The molecule has 8 nitrogen and oxygen atoms in total. The molecular formula is C27H26Br2N4O4. The third-order valence-corrected chi connectivity index (χ3v) is 7.84. The first-order valence-corrected chi connectivity index (χ1v) is 13.8. The van der Waals surface area contributed by atoms with E-state index in [1.165, 1.54) is 0 Å². The molecule has 0 N–H and O–H groups in total. The summed E-state index contributed by atoms with van der Waals surface area (Å²) in [4.78, 5) is 35.9. The van der Waals surface area contributed by atoms with E-state index in [2.05, 4.69) is 44.1 Å². The van der Waals surface area contributed by atoms with Crippen molar-refractivity contribution in [3.8, 4) is 17.2 Å². The van der Waals surface area contributed by atoms with Crippen LogP contribution in [0.2, 0.25) is 0 Å². The number of anilines is 1. The average molecular weight is 630 g/mol. The first-order chi connectivity index (χ1) is 17.8. The van der Waals surface area contributed by atoms with E-state index in [4.69, 9.17) is 4.74 Å². The van der Waals surface area contributed by atoms with Crippen molar-refractivity contribution in [3.05, 3.63) is 64.9 Å². The van der Waals surface area contributed by atoms with Crippen LogP contribution in [0.25, 0.3) is 5.69 Å². The second-order valence-electron chi connectivity index (χ2n) is 9.37. The second kappa shape index (κ2) is 10.8. The largest absolute Gasteiger partial charge is 0.455 e. The highest BCUT2D eigenvalue weighted by atomic mass is 79.9. The molecule has 3 amide bonds. The van der Waals surface area contributed by atoms with Crippen molar-refractivity contribution in [1.29, 1.82) is 0 Å². The van der Waals surface area contributed by atoms with Crippen LogP contribution in [-0.4, -0.2) is 37.5 Å². The third kappa shape index (κ3) is 5.50. The van der Waals surface area contributed by atoms with E-state index < -0.39 is 0 Å². The van der Waals surface area contributed by atoms with E-state index in [0.717, 1.165) is 62.5 Å². The smallest absolute Gasteiger partial charge is 0.239 e. The van der Waals surface area contributed by atoms with Gasteiger partial charge in [-0.2, -0.15) is 5.10 Å². The van der Waals surface area contributed by atoms with Crippen LogP contribution in [0, 0.1) is 5.92 Å². The molecule has 2 aromatic carbocycles. The Hall–Kier alpha value is -2.98. The number of para-hydroxylation sites is 1. The van der Waals surface area contributed by atoms with Gasteiger partial charge in [-0.1, -0.05) is 18.2 Å². The fourth-order valence-electron chi connectivity index (χ4n) is 4.54. The minimum absolute atomic E-state index is 0.144. The van der Waals surface area contributed by atoms with Crippen LogP contribution in [-0.2, 0) is 20.8 Å². The Balaban J connectivity index is 0.000000301. The van der Waals surface area contributed by atoms with Gasteiger partial charge in [0.05, 0.1) is 32.5 Å². The number of ether oxygens (including phenoxy) is 1.